The number of carboxylic acid groups (broad SMARTS) is 1. The molecule has 0 unspecified atom stereocenters. The molecule has 0 radical (unpaired) electrons. The summed E-state index contributed by atoms with van der Waals surface area (Å²) in [5, 5.41) is 15.1. The number of thioether (sulfide) groups is 1. The van der Waals surface area contributed by atoms with Gasteiger partial charge in [0.2, 0.25) is 5.91 Å². The molecule has 0 aliphatic heterocycles. The molecule has 1 aliphatic carbocycles. The fraction of sp³-hybridized carbons (Fsp3) is 0.444. The number of fused-ring (bicyclic) bond motifs is 3. The average molecular weight is 499 g/mol. The molecule has 8 heteroatoms. The first-order valence-corrected chi connectivity index (χ1v) is 13.0. The van der Waals surface area contributed by atoms with Gasteiger partial charge in [-0.15, -0.1) is 0 Å². The summed E-state index contributed by atoms with van der Waals surface area (Å²) in [4.78, 5) is 37.5. The highest BCUT2D eigenvalue weighted by Crippen LogP contribution is 2.44. The number of carboxylic acids is 1. The lowest BCUT2D eigenvalue weighted by atomic mass is 9.74. The highest BCUT2D eigenvalue weighted by Gasteiger charge is 2.45. The predicted octanol–water partition coefficient (Wildman–Crippen LogP) is 4.65. The van der Waals surface area contributed by atoms with Crippen LogP contribution in [0.2, 0.25) is 0 Å². The number of aliphatic carboxylic acids is 1. The molecule has 0 aromatic heterocycles. The molecule has 0 spiro atoms. The summed E-state index contributed by atoms with van der Waals surface area (Å²) in [7, 11) is 0. The van der Waals surface area contributed by atoms with Crippen molar-refractivity contribution in [1.82, 2.24) is 10.6 Å². The molecular formula is C27H34N2O5S. The number of carbonyl (C=O) groups is 3. The first-order valence-electron chi connectivity index (χ1n) is 11.7. The molecule has 3 N–H and O–H groups in total. The number of amides is 2. The van der Waals surface area contributed by atoms with E-state index in [2.05, 4.69) is 22.8 Å². The summed E-state index contributed by atoms with van der Waals surface area (Å²) in [6.07, 6.45) is 1.63. The van der Waals surface area contributed by atoms with Crippen LogP contribution in [0.25, 0.3) is 11.1 Å². The van der Waals surface area contributed by atoms with Gasteiger partial charge in [0.15, 0.2) is 0 Å². The third kappa shape index (κ3) is 5.64. The van der Waals surface area contributed by atoms with E-state index in [1.807, 2.05) is 42.7 Å². The molecule has 1 aliphatic rings. The Kier molecular flexibility index (Phi) is 8.15. The SMILES string of the molecule is CSCC[C@H](NC(=O)OCC1c2ccccc2-c2ccccc21)C(=O)NC(C)(C)C(C)(C)C(=O)O. The molecule has 7 nitrogen and oxygen atoms in total. The summed E-state index contributed by atoms with van der Waals surface area (Å²) >= 11 is 1.55. The molecule has 35 heavy (non-hydrogen) atoms. The van der Waals surface area contributed by atoms with Gasteiger partial charge >= 0.3 is 12.1 Å². The van der Waals surface area contributed by atoms with Crippen LogP contribution in [0.1, 0.15) is 51.2 Å². The van der Waals surface area contributed by atoms with Crippen molar-refractivity contribution in [2.24, 2.45) is 5.41 Å². The van der Waals surface area contributed by atoms with E-state index in [0.717, 1.165) is 22.3 Å². The van der Waals surface area contributed by atoms with Gasteiger partial charge in [0.25, 0.3) is 0 Å². The van der Waals surface area contributed by atoms with Crippen molar-refractivity contribution in [3.63, 3.8) is 0 Å². The number of alkyl carbamates (subject to hydrolysis) is 1. The largest absolute Gasteiger partial charge is 0.481 e. The first-order chi connectivity index (χ1) is 16.5. The second-order valence-electron chi connectivity index (χ2n) is 9.85. The van der Waals surface area contributed by atoms with Gasteiger partial charge in [0.1, 0.15) is 12.6 Å². The number of hydrogen-bond donors (Lipinski definition) is 3. The van der Waals surface area contributed by atoms with Crippen LogP contribution in [0, 0.1) is 5.41 Å². The Bertz CT molecular complexity index is 1050. The minimum atomic E-state index is -1.21. The Balaban J connectivity index is 1.68. The Hall–Kier alpha value is -3.00. The molecule has 0 saturated carbocycles. The maximum absolute atomic E-state index is 13.1. The van der Waals surface area contributed by atoms with Crippen LogP contribution in [0.4, 0.5) is 4.79 Å². The Morgan fingerprint density at radius 1 is 1.00 bits per heavy atom. The van der Waals surface area contributed by atoms with Crippen LogP contribution in [0.3, 0.4) is 0 Å². The lowest BCUT2D eigenvalue weighted by Gasteiger charge is -2.39. The van der Waals surface area contributed by atoms with Gasteiger partial charge in [-0.1, -0.05) is 48.5 Å². The van der Waals surface area contributed by atoms with Gasteiger partial charge in [-0.3, -0.25) is 9.59 Å². The van der Waals surface area contributed by atoms with E-state index in [-0.39, 0.29) is 12.5 Å². The molecule has 0 bridgehead atoms. The molecule has 2 aromatic carbocycles. The van der Waals surface area contributed by atoms with Crippen molar-refractivity contribution < 1.29 is 24.2 Å². The van der Waals surface area contributed by atoms with Gasteiger partial charge < -0.3 is 20.5 Å². The van der Waals surface area contributed by atoms with E-state index < -0.39 is 35.0 Å². The highest BCUT2D eigenvalue weighted by molar-refractivity contribution is 7.98. The average Bonchev–Trinajstić information content (AvgIpc) is 3.13. The normalized spacial score (nSPS) is 14.0. The molecule has 188 valence electrons. The van der Waals surface area contributed by atoms with Crippen molar-refractivity contribution in [2.75, 3.05) is 18.6 Å². The van der Waals surface area contributed by atoms with Gasteiger partial charge in [-0.2, -0.15) is 11.8 Å². The summed E-state index contributed by atoms with van der Waals surface area (Å²) in [5.41, 5.74) is 2.23. The molecule has 1 atom stereocenters. The van der Waals surface area contributed by atoms with Crippen LogP contribution in [-0.2, 0) is 14.3 Å². The van der Waals surface area contributed by atoms with E-state index in [9.17, 15) is 19.5 Å². The number of ether oxygens (including phenoxy) is 1. The zero-order valence-electron chi connectivity index (χ0n) is 20.9. The lowest BCUT2D eigenvalue weighted by Crippen LogP contribution is -2.60. The third-order valence-corrected chi connectivity index (χ3v) is 7.74. The third-order valence-electron chi connectivity index (χ3n) is 7.10. The van der Waals surface area contributed by atoms with Crippen molar-refractivity contribution >= 4 is 29.7 Å². The van der Waals surface area contributed by atoms with Crippen molar-refractivity contribution in [1.29, 1.82) is 0 Å². The maximum Gasteiger partial charge on any atom is 0.407 e. The number of carbonyl (C=O) groups excluding carboxylic acids is 2. The van der Waals surface area contributed by atoms with Crippen molar-refractivity contribution in [3.8, 4) is 11.1 Å². The van der Waals surface area contributed by atoms with Gasteiger partial charge in [-0.25, -0.2) is 4.79 Å². The van der Waals surface area contributed by atoms with Gasteiger partial charge in [-0.05, 0) is 68.4 Å². The minimum Gasteiger partial charge on any atom is -0.481 e. The first kappa shape index (κ1) is 26.6. The van der Waals surface area contributed by atoms with E-state index in [1.54, 1.807) is 39.5 Å². The van der Waals surface area contributed by atoms with Gasteiger partial charge in [0, 0.05) is 5.92 Å². The topological polar surface area (TPSA) is 105 Å². The molecule has 0 saturated heterocycles. The molecular weight excluding hydrogens is 464 g/mol. The zero-order valence-corrected chi connectivity index (χ0v) is 21.7. The number of rotatable bonds is 10. The summed E-state index contributed by atoms with van der Waals surface area (Å²) in [6.45, 7) is 6.60. The predicted molar refractivity (Wildman–Crippen MR) is 139 cm³/mol. The van der Waals surface area contributed by atoms with Crippen LogP contribution in [-0.4, -0.2) is 53.3 Å². The van der Waals surface area contributed by atoms with Gasteiger partial charge in [0.05, 0.1) is 11.0 Å². The molecule has 3 rings (SSSR count). The van der Waals surface area contributed by atoms with Crippen molar-refractivity contribution in [2.45, 2.75) is 51.6 Å². The molecule has 2 amide bonds. The molecule has 2 aromatic rings. The quantitative estimate of drug-likeness (QED) is 0.440. The molecule has 0 heterocycles. The highest BCUT2D eigenvalue weighted by atomic mass is 32.2. The standard InChI is InChI=1S/C27H34N2O5S/c1-26(2,24(31)32)27(3,4)29-23(30)22(14-15-35-5)28-25(33)34-16-21-19-12-8-6-10-17(19)18-11-7-9-13-20(18)21/h6-13,21-22H,14-16H2,1-5H3,(H,28,33)(H,29,30)(H,31,32)/t22-/m0/s1. The second-order valence-corrected chi connectivity index (χ2v) is 10.8. The Morgan fingerprint density at radius 3 is 2.06 bits per heavy atom. The van der Waals surface area contributed by atoms with Crippen LogP contribution in [0.5, 0.6) is 0 Å². The summed E-state index contributed by atoms with van der Waals surface area (Å²) in [5.74, 6) is -0.897. The monoisotopic (exact) mass is 498 g/mol. The van der Waals surface area contributed by atoms with Crippen LogP contribution >= 0.6 is 11.8 Å². The van der Waals surface area contributed by atoms with E-state index in [1.165, 1.54) is 0 Å². The Labute approximate surface area is 211 Å². The molecule has 0 fully saturated rings. The van der Waals surface area contributed by atoms with Crippen molar-refractivity contribution in [3.05, 3.63) is 59.7 Å². The van der Waals surface area contributed by atoms with E-state index in [0.29, 0.717) is 12.2 Å². The fourth-order valence-electron chi connectivity index (χ4n) is 4.11. The number of benzene rings is 2. The van der Waals surface area contributed by atoms with E-state index in [4.69, 9.17) is 4.74 Å². The van der Waals surface area contributed by atoms with Crippen LogP contribution < -0.4 is 10.6 Å². The second kappa shape index (κ2) is 10.7. The van der Waals surface area contributed by atoms with E-state index >= 15 is 0 Å². The minimum absolute atomic E-state index is 0.0816. The summed E-state index contributed by atoms with van der Waals surface area (Å²) < 4.78 is 5.60. The van der Waals surface area contributed by atoms with Crippen LogP contribution in [0.15, 0.2) is 48.5 Å². The zero-order chi connectivity index (χ0) is 25.8. The lowest BCUT2D eigenvalue weighted by molar-refractivity contribution is -0.152. The fourth-order valence-corrected chi connectivity index (χ4v) is 4.58. The number of hydrogen-bond acceptors (Lipinski definition) is 5. The smallest absolute Gasteiger partial charge is 0.407 e. The summed E-state index contributed by atoms with van der Waals surface area (Å²) in [6, 6.07) is 15.3. The Morgan fingerprint density at radius 2 is 1.54 bits per heavy atom. The maximum atomic E-state index is 13.1. The number of nitrogens with one attached hydrogen (secondary N) is 2.